The van der Waals surface area contributed by atoms with E-state index in [4.69, 9.17) is 15.9 Å². The lowest BCUT2D eigenvalue weighted by molar-refractivity contribution is -0.127. The van der Waals surface area contributed by atoms with Gasteiger partial charge in [0.1, 0.15) is 11.6 Å². The van der Waals surface area contributed by atoms with Crippen molar-refractivity contribution >= 4 is 17.4 Å². The Balaban J connectivity index is 1.50. The van der Waals surface area contributed by atoms with Crippen LogP contribution in [0.2, 0.25) is 0 Å². The maximum absolute atomic E-state index is 13.5. The molecule has 4 rings (SSSR count). The van der Waals surface area contributed by atoms with Crippen molar-refractivity contribution in [2.75, 3.05) is 18.0 Å². The first-order valence-corrected chi connectivity index (χ1v) is 12.4. The van der Waals surface area contributed by atoms with Crippen LogP contribution >= 0.6 is 0 Å². The number of anilines is 1. The molecule has 1 fully saturated rings. The van der Waals surface area contributed by atoms with Gasteiger partial charge in [-0.1, -0.05) is 36.8 Å². The molecule has 2 aromatic carbocycles. The zero-order valence-electron chi connectivity index (χ0n) is 20.4. The predicted octanol–water partition coefficient (Wildman–Crippen LogP) is 2.81. The molecule has 0 bridgehead atoms. The van der Waals surface area contributed by atoms with E-state index in [-0.39, 0.29) is 18.3 Å². The van der Waals surface area contributed by atoms with Gasteiger partial charge in [-0.25, -0.2) is 0 Å². The number of nitrogen functional groups attached to an aromatic ring is 1. The van der Waals surface area contributed by atoms with E-state index in [1.165, 1.54) is 11.3 Å². The highest BCUT2D eigenvalue weighted by Gasteiger charge is 2.37. The average Bonchev–Trinajstić information content (AvgIpc) is 2.85. The van der Waals surface area contributed by atoms with Gasteiger partial charge >= 0.3 is 0 Å². The summed E-state index contributed by atoms with van der Waals surface area (Å²) in [4.78, 5) is 17.4. The van der Waals surface area contributed by atoms with E-state index in [1.54, 1.807) is 42.5 Å². The topological polar surface area (TPSA) is 123 Å². The van der Waals surface area contributed by atoms with Crippen molar-refractivity contribution < 1.29 is 19.7 Å². The van der Waals surface area contributed by atoms with Gasteiger partial charge in [0.15, 0.2) is 0 Å². The van der Waals surface area contributed by atoms with Crippen molar-refractivity contribution in [1.29, 1.82) is 5.41 Å². The van der Waals surface area contributed by atoms with E-state index in [0.717, 1.165) is 12.8 Å². The minimum absolute atomic E-state index is 0.0472. The minimum atomic E-state index is -1.11. The molecule has 35 heavy (non-hydrogen) atoms. The Hall–Kier alpha value is -2.94. The van der Waals surface area contributed by atoms with Crippen molar-refractivity contribution in [3.63, 3.8) is 0 Å². The van der Waals surface area contributed by atoms with Gasteiger partial charge in [0.2, 0.25) is 6.10 Å². The molecule has 5 unspecified atom stereocenters. The van der Waals surface area contributed by atoms with Gasteiger partial charge in [-0.05, 0) is 51.3 Å². The lowest BCUT2D eigenvalue weighted by atomic mass is 9.96. The van der Waals surface area contributed by atoms with Gasteiger partial charge in [-0.2, -0.15) is 0 Å². The standard InChI is InChI=1S/C27H36N4O4/c1-17-7-5-8-18(2)30(17)14-13-22(32)23(33)16-31-21-11-3-4-12-24(21)35-25(27(31)34)19-9-6-10-20(15-19)26(28)29/h3-4,6,9-12,15,17-18,22-23,25,32-33H,5,7-8,13-14,16H2,1-2H3,(H3,28,29). The first kappa shape index (κ1) is 25.2. The number of aliphatic hydroxyl groups is 2. The van der Waals surface area contributed by atoms with Crippen LogP contribution in [-0.4, -0.2) is 64.2 Å². The van der Waals surface area contributed by atoms with Crippen LogP contribution in [0.4, 0.5) is 5.69 Å². The van der Waals surface area contributed by atoms with Gasteiger partial charge < -0.3 is 25.6 Å². The van der Waals surface area contributed by atoms with Crippen LogP contribution in [0.1, 0.15) is 56.8 Å². The molecule has 1 amide bonds. The Bertz CT molecular complexity index is 1050. The number of nitrogens with one attached hydrogen (secondary N) is 1. The lowest BCUT2D eigenvalue weighted by Crippen LogP contribution is -2.49. The van der Waals surface area contributed by atoms with Gasteiger partial charge in [0.05, 0.1) is 24.4 Å². The third kappa shape index (κ3) is 5.50. The summed E-state index contributed by atoms with van der Waals surface area (Å²) in [5, 5.41) is 29.4. The highest BCUT2D eigenvalue weighted by Crippen LogP contribution is 2.39. The molecule has 2 aliphatic heterocycles. The summed E-state index contributed by atoms with van der Waals surface area (Å²) in [6.45, 7) is 5.08. The number of carbonyl (C=O) groups excluding carboxylic acids is 1. The third-order valence-electron chi connectivity index (χ3n) is 7.26. The Labute approximate surface area is 206 Å². The SMILES string of the molecule is CC1CCCC(C)N1CCC(O)C(O)CN1C(=O)C(c2cccc(C(=N)N)c2)Oc2ccccc21. The Morgan fingerprint density at radius 2 is 1.83 bits per heavy atom. The average molecular weight is 481 g/mol. The van der Waals surface area contributed by atoms with Gasteiger partial charge in [0.25, 0.3) is 5.91 Å². The summed E-state index contributed by atoms with van der Waals surface area (Å²) in [5.41, 5.74) is 7.26. The molecule has 0 aromatic heterocycles. The summed E-state index contributed by atoms with van der Waals surface area (Å²) >= 11 is 0. The smallest absolute Gasteiger partial charge is 0.272 e. The Morgan fingerprint density at radius 1 is 1.11 bits per heavy atom. The van der Waals surface area contributed by atoms with Crippen LogP contribution in [0, 0.1) is 5.41 Å². The fourth-order valence-corrected chi connectivity index (χ4v) is 5.18. The number of nitrogens with two attached hydrogens (primary N) is 1. The molecular weight excluding hydrogens is 444 g/mol. The van der Waals surface area contributed by atoms with E-state index in [1.807, 2.05) is 6.07 Å². The zero-order chi connectivity index (χ0) is 25.1. The maximum atomic E-state index is 13.5. The zero-order valence-corrected chi connectivity index (χ0v) is 20.4. The molecule has 2 heterocycles. The summed E-state index contributed by atoms with van der Waals surface area (Å²) < 4.78 is 6.03. The first-order chi connectivity index (χ1) is 16.8. The number of likely N-dealkylation sites (tertiary alicyclic amines) is 1. The molecule has 2 aromatic rings. The molecule has 0 radical (unpaired) electrons. The number of ether oxygens (including phenoxy) is 1. The molecule has 8 heteroatoms. The second kappa shape index (κ2) is 10.8. The highest BCUT2D eigenvalue weighted by molar-refractivity contribution is 6.01. The summed E-state index contributed by atoms with van der Waals surface area (Å²) in [7, 11) is 0. The summed E-state index contributed by atoms with van der Waals surface area (Å²) in [6, 6.07) is 15.0. The van der Waals surface area contributed by atoms with Crippen molar-refractivity contribution in [2.24, 2.45) is 5.73 Å². The quantitative estimate of drug-likeness (QED) is 0.340. The number of fused-ring (bicyclic) bond motifs is 1. The number of β-amino-alcohol motifs (C(OH)–C–C–N with tert-alkyl or cyclic N) is 1. The van der Waals surface area contributed by atoms with Gasteiger partial charge in [-0.15, -0.1) is 0 Å². The maximum Gasteiger partial charge on any atom is 0.272 e. The van der Waals surface area contributed by atoms with Crippen LogP contribution in [0.25, 0.3) is 0 Å². The van der Waals surface area contributed by atoms with E-state index in [0.29, 0.717) is 47.6 Å². The number of benzene rings is 2. The van der Waals surface area contributed by atoms with Crippen LogP contribution in [-0.2, 0) is 4.79 Å². The molecule has 0 aliphatic carbocycles. The predicted molar refractivity (Wildman–Crippen MR) is 136 cm³/mol. The molecular formula is C27H36N4O4. The molecule has 5 atom stereocenters. The van der Waals surface area contributed by atoms with Crippen LogP contribution < -0.4 is 15.4 Å². The normalized spacial score (nSPS) is 24.4. The molecule has 0 spiro atoms. The molecule has 2 aliphatic rings. The van der Waals surface area contributed by atoms with Crippen molar-refractivity contribution in [3.05, 3.63) is 59.7 Å². The molecule has 1 saturated heterocycles. The summed E-state index contributed by atoms with van der Waals surface area (Å²) in [6.07, 6.45) is 0.939. The Morgan fingerprint density at radius 3 is 2.54 bits per heavy atom. The van der Waals surface area contributed by atoms with E-state index in [2.05, 4.69) is 18.7 Å². The fourth-order valence-electron chi connectivity index (χ4n) is 5.18. The molecule has 5 N–H and O–H groups in total. The molecule has 188 valence electrons. The molecule has 8 nitrogen and oxygen atoms in total. The first-order valence-electron chi connectivity index (χ1n) is 12.4. The number of piperidine rings is 1. The highest BCUT2D eigenvalue weighted by atomic mass is 16.5. The monoisotopic (exact) mass is 480 g/mol. The van der Waals surface area contributed by atoms with Crippen molar-refractivity contribution in [2.45, 2.75) is 69.9 Å². The number of rotatable bonds is 8. The van der Waals surface area contributed by atoms with E-state index >= 15 is 0 Å². The van der Waals surface area contributed by atoms with Gasteiger partial charge in [-0.3, -0.25) is 15.1 Å². The number of hydrogen-bond donors (Lipinski definition) is 4. The van der Waals surface area contributed by atoms with Gasteiger partial charge in [0, 0.05) is 29.8 Å². The number of aliphatic hydroxyl groups excluding tert-OH is 2. The number of para-hydroxylation sites is 2. The van der Waals surface area contributed by atoms with E-state index in [9.17, 15) is 15.0 Å². The number of hydrogen-bond acceptors (Lipinski definition) is 6. The van der Waals surface area contributed by atoms with Crippen LogP contribution in [0.15, 0.2) is 48.5 Å². The number of amidine groups is 1. The largest absolute Gasteiger partial charge is 0.474 e. The number of nitrogens with zero attached hydrogens (tertiary/aromatic N) is 2. The van der Waals surface area contributed by atoms with Crippen LogP contribution in [0.3, 0.4) is 0 Å². The second-order valence-electron chi connectivity index (χ2n) is 9.74. The number of carbonyl (C=O) groups is 1. The Kier molecular flexibility index (Phi) is 7.74. The third-order valence-corrected chi connectivity index (χ3v) is 7.26. The van der Waals surface area contributed by atoms with Crippen molar-refractivity contribution in [1.82, 2.24) is 4.90 Å². The van der Waals surface area contributed by atoms with Crippen molar-refractivity contribution in [3.8, 4) is 5.75 Å². The lowest BCUT2D eigenvalue weighted by Gasteiger charge is -2.40. The summed E-state index contributed by atoms with van der Waals surface area (Å²) in [5.74, 6) is 0.0835. The second-order valence-corrected chi connectivity index (χ2v) is 9.74. The van der Waals surface area contributed by atoms with E-state index < -0.39 is 18.3 Å². The number of amides is 1. The van der Waals surface area contributed by atoms with Crippen LogP contribution in [0.5, 0.6) is 5.75 Å². The fraction of sp³-hybridized carbons (Fsp3) is 0.481. The molecule has 0 saturated carbocycles. The minimum Gasteiger partial charge on any atom is -0.474 e.